The van der Waals surface area contributed by atoms with E-state index in [9.17, 15) is 0 Å². The van der Waals surface area contributed by atoms with Gasteiger partial charge in [0.15, 0.2) is 0 Å². The number of benzene rings is 1. The fourth-order valence-electron chi connectivity index (χ4n) is 2.93. The van der Waals surface area contributed by atoms with Crippen molar-refractivity contribution in [3.8, 4) is 5.75 Å². The average molecular weight is 247 g/mol. The summed E-state index contributed by atoms with van der Waals surface area (Å²) in [4.78, 5) is 0. The molecular formula is C16H25NO. The van der Waals surface area contributed by atoms with Gasteiger partial charge in [-0.1, -0.05) is 19.1 Å². The largest absolute Gasteiger partial charge is 0.497 e. The Labute approximate surface area is 111 Å². The molecule has 2 heteroatoms. The van der Waals surface area contributed by atoms with E-state index in [2.05, 4.69) is 30.4 Å². The topological polar surface area (TPSA) is 21.3 Å². The normalized spacial score (nSPS) is 23.2. The third-order valence-corrected chi connectivity index (χ3v) is 3.88. The van der Waals surface area contributed by atoms with Crippen LogP contribution in [0.25, 0.3) is 0 Å². The predicted octanol–water partition coefficient (Wildman–Crippen LogP) is 3.41. The summed E-state index contributed by atoms with van der Waals surface area (Å²) in [7, 11) is 1.74. The van der Waals surface area contributed by atoms with Gasteiger partial charge in [-0.3, -0.25) is 0 Å². The highest BCUT2D eigenvalue weighted by Crippen LogP contribution is 2.29. The Hall–Kier alpha value is -1.02. The molecule has 0 aliphatic heterocycles. The fourth-order valence-corrected chi connectivity index (χ4v) is 2.93. The first-order valence-electron chi connectivity index (χ1n) is 7.18. The average Bonchev–Trinajstić information content (AvgIpc) is 2.84. The predicted molar refractivity (Wildman–Crippen MR) is 76.1 cm³/mol. The molecule has 1 aromatic rings. The smallest absolute Gasteiger partial charge is 0.119 e. The monoisotopic (exact) mass is 247 g/mol. The minimum absolute atomic E-state index is 0.751. The molecule has 100 valence electrons. The summed E-state index contributed by atoms with van der Waals surface area (Å²) in [6.45, 7) is 3.40. The van der Waals surface area contributed by atoms with Gasteiger partial charge in [-0.2, -0.15) is 0 Å². The second-order valence-electron chi connectivity index (χ2n) is 5.39. The van der Waals surface area contributed by atoms with Crippen molar-refractivity contribution in [2.75, 3.05) is 13.7 Å². The van der Waals surface area contributed by atoms with E-state index >= 15 is 0 Å². The zero-order valence-corrected chi connectivity index (χ0v) is 11.6. The minimum Gasteiger partial charge on any atom is -0.497 e. The first-order chi connectivity index (χ1) is 8.81. The van der Waals surface area contributed by atoms with Crippen molar-refractivity contribution in [1.29, 1.82) is 0 Å². The van der Waals surface area contributed by atoms with Crippen LogP contribution in [0, 0.1) is 5.92 Å². The van der Waals surface area contributed by atoms with Crippen LogP contribution in [0.5, 0.6) is 5.75 Å². The van der Waals surface area contributed by atoms with Gasteiger partial charge < -0.3 is 10.1 Å². The SMILES string of the molecule is CCCNC1CCC(Cc2cccc(OC)c2)C1. The molecule has 1 fully saturated rings. The summed E-state index contributed by atoms with van der Waals surface area (Å²) < 4.78 is 5.28. The Morgan fingerprint density at radius 1 is 1.33 bits per heavy atom. The molecule has 1 aliphatic rings. The summed E-state index contributed by atoms with van der Waals surface area (Å²) in [5.41, 5.74) is 1.41. The summed E-state index contributed by atoms with van der Waals surface area (Å²) in [5, 5.41) is 3.64. The van der Waals surface area contributed by atoms with Gasteiger partial charge in [-0.25, -0.2) is 0 Å². The fraction of sp³-hybridized carbons (Fsp3) is 0.625. The van der Waals surface area contributed by atoms with Gasteiger partial charge in [0, 0.05) is 6.04 Å². The number of ether oxygens (including phenoxy) is 1. The van der Waals surface area contributed by atoms with Crippen molar-refractivity contribution < 1.29 is 4.74 Å². The van der Waals surface area contributed by atoms with E-state index in [1.54, 1.807) is 7.11 Å². The highest BCUT2D eigenvalue weighted by Gasteiger charge is 2.24. The molecule has 0 aromatic heterocycles. The zero-order valence-electron chi connectivity index (χ0n) is 11.6. The molecule has 1 N–H and O–H groups in total. The maximum Gasteiger partial charge on any atom is 0.119 e. The lowest BCUT2D eigenvalue weighted by atomic mass is 9.97. The van der Waals surface area contributed by atoms with Crippen LogP contribution >= 0.6 is 0 Å². The molecule has 0 heterocycles. The second-order valence-corrected chi connectivity index (χ2v) is 5.39. The maximum atomic E-state index is 5.28. The minimum atomic E-state index is 0.751. The third-order valence-electron chi connectivity index (χ3n) is 3.88. The van der Waals surface area contributed by atoms with E-state index in [4.69, 9.17) is 4.74 Å². The molecule has 1 aliphatic carbocycles. The molecule has 0 spiro atoms. The first-order valence-corrected chi connectivity index (χ1v) is 7.18. The van der Waals surface area contributed by atoms with E-state index in [-0.39, 0.29) is 0 Å². The highest BCUT2D eigenvalue weighted by atomic mass is 16.5. The van der Waals surface area contributed by atoms with E-state index in [1.165, 1.54) is 37.7 Å². The lowest BCUT2D eigenvalue weighted by Gasteiger charge is -2.13. The van der Waals surface area contributed by atoms with Crippen LogP contribution in [0.1, 0.15) is 38.2 Å². The lowest BCUT2D eigenvalue weighted by Crippen LogP contribution is -2.27. The number of nitrogens with one attached hydrogen (secondary N) is 1. The van der Waals surface area contributed by atoms with Crippen molar-refractivity contribution in [1.82, 2.24) is 5.32 Å². The first kappa shape index (κ1) is 13.4. The van der Waals surface area contributed by atoms with Gasteiger partial charge in [-0.15, -0.1) is 0 Å². The maximum absolute atomic E-state index is 5.28. The lowest BCUT2D eigenvalue weighted by molar-refractivity contribution is 0.413. The Kier molecular flexibility index (Phi) is 5.06. The molecule has 0 saturated heterocycles. The molecule has 2 nitrogen and oxygen atoms in total. The molecule has 0 bridgehead atoms. The van der Waals surface area contributed by atoms with Crippen molar-refractivity contribution >= 4 is 0 Å². The van der Waals surface area contributed by atoms with E-state index < -0.39 is 0 Å². The van der Waals surface area contributed by atoms with Crippen LogP contribution < -0.4 is 10.1 Å². The number of methoxy groups -OCH3 is 1. The third kappa shape index (κ3) is 3.74. The van der Waals surface area contributed by atoms with Crippen molar-refractivity contribution in [3.05, 3.63) is 29.8 Å². The summed E-state index contributed by atoms with van der Waals surface area (Å²) in [6.07, 6.45) is 6.46. The summed E-state index contributed by atoms with van der Waals surface area (Å²) in [6, 6.07) is 9.25. The Morgan fingerprint density at radius 2 is 2.22 bits per heavy atom. The highest BCUT2D eigenvalue weighted by molar-refractivity contribution is 5.28. The van der Waals surface area contributed by atoms with Gasteiger partial charge in [0.05, 0.1) is 7.11 Å². The van der Waals surface area contributed by atoms with E-state index in [0.717, 1.165) is 24.3 Å². The molecule has 0 amide bonds. The van der Waals surface area contributed by atoms with E-state index in [1.807, 2.05) is 6.07 Å². The Bertz CT molecular complexity index is 364. The molecule has 1 aromatic carbocycles. The molecule has 18 heavy (non-hydrogen) atoms. The van der Waals surface area contributed by atoms with Crippen molar-refractivity contribution in [3.63, 3.8) is 0 Å². The van der Waals surface area contributed by atoms with E-state index in [0.29, 0.717) is 0 Å². The van der Waals surface area contributed by atoms with Crippen molar-refractivity contribution in [2.45, 2.75) is 45.1 Å². The van der Waals surface area contributed by atoms with Gasteiger partial charge in [0.1, 0.15) is 5.75 Å². The van der Waals surface area contributed by atoms with Crippen LogP contribution in [-0.2, 0) is 6.42 Å². The van der Waals surface area contributed by atoms with Gasteiger partial charge in [-0.05, 0) is 62.3 Å². The zero-order chi connectivity index (χ0) is 12.8. The molecule has 2 atom stereocenters. The van der Waals surface area contributed by atoms with Crippen LogP contribution in [0.4, 0.5) is 0 Å². The van der Waals surface area contributed by atoms with Crippen LogP contribution in [-0.4, -0.2) is 19.7 Å². The molecule has 0 radical (unpaired) electrons. The Morgan fingerprint density at radius 3 is 3.00 bits per heavy atom. The quantitative estimate of drug-likeness (QED) is 0.832. The van der Waals surface area contributed by atoms with Gasteiger partial charge in [0.25, 0.3) is 0 Å². The molecule has 2 rings (SSSR count). The van der Waals surface area contributed by atoms with Crippen LogP contribution in [0.2, 0.25) is 0 Å². The Balaban J connectivity index is 1.83. The number of hydrogen-bond donors (Lipinski definition) is 1. The number of rotatable bonds is 6. The number of hydrogen-bond acceptors (Lipinski definition) is 2. The summed E-state index contributed by atoms with van der Waals surface area (Å²) >= 11 is 0. The van der Waals surface area contributed by atoms with Gasteiger partial charge >= 0.3 is 0 Å². The summed E-state index contributed by atoms with van der Waals surface area (Å²) in [5.74, 6) is 1.82. The standard InChI is InChI=1S/C16H25NO/c1-3-9-17-15-8-7-14(11-15)10-13-5-4-6-16(12-13)18-2/h4-6,12,14-15,17H,3,7-11H2,1-2H3. The second kappa shape index (κ2) is 6.79. The van der Waals surface area contributed by atoms with Crippen LogP contribution in [0.3, 0.4) is 0 Å². The molecule has 2 unspecified atom stereocenters. The van der Waals surface area contributed by atoms with Gasteiger partial charge in [0.2, 0.25) is 0 Å². The molecule has 1 saturated carbocycles. The van der Waals surface area contributed by atoms with Crippen LogP contribution in [0.15, 0.2) is 24.3 Å². The molecular weight excluding hydrogens is 222 g/mol. The van der Waals surface area contributed by atoms with Crippen molar-refractivity contribution in [2.24, 2.45) is 5.92 Å².